The zero-order valence-corrected chi connectivity index (χ0v) is 14.7. The van der Waals surface area contributed by atoms with Crippen LogP contribution in [-0.2, 0) is 4.79 Å². The number of benzene rings is 1. The summed E-state index contributed by atoms with van der Waals surface area (Å²) in [6.07, 6.45) is 5.96. The van der Waals surface area contributed by atoms with Crippen molar-refractivity contribution in [1.29, 1.82) is 0 Å². The van der Waals surface area contributed by atoms with E-state index < -0.39 is 0 Å². The van der Waals surface area contributed by atoms with Gasteiger partial charge in [-0.05, 0) is 47.8 Å². The molecular formula is C20H17N3O2S. The molecule has 3 heterocycles. The Morgan fingerprint density at radius 3 is 2.58 bits per heavy atom. The third-order valence-electron chi connectivity index (χ3n) is 4.13. The second kappa shape index (κ2) is 7.41. The normalized spacial score (nSPS) is 12.0. The van der Waals surface area contributed by atoms with E-state index in [0.717, 1.165) is 16.1 Å². The summed E-state index contributed by atoms with van der Waals surface area (Å²) in [5, 5.41) is 8.71. The van der Waals surface area contributed by atoms with Gasteiger partial charge in [0.25, 0.3) is 0 Å². The molecule has 1 amide bonds. The number of carbonyl (C=O) groups is 1. The van der Waals surface area contributed by atoms with Crippen LogP contribution in [0.15, 0.2) is 83.1 Å². The molecule has 26 heavy (non-hydrogen) atoms. The lowest BCUT2D eigenvalue weighted by Crippen LogP contribution is -2.19. The van der Waals surface area contributed by atoms with Gasteiger partial charge < -0.3 is 14.4 Å². The minimum atomic E-state index is -0.0236. The molecule has 0 fully saturated rings. The maximum atomic E-state index is 12.6. The number of thiophene rings is 1. The molecule has 0 radical (unpaired) electrons. The van der Waals surface area contributed by atoms with Crippen molar-refractivity contribution in [3.05, 3.63) is 83.4 Å². The zero-order valence-electron chi connectivity index (χ0n) is 13.9. The van der Waals surface area contributed by atoms with Crippen molar-refractivity contribution in [1.82, 2.24) is 9.72 Å². The molecule has 0 spiro atoms. The van der Waals surface area contributed by atoms with E-state index in [1.54, 1.807) is 23.6 Å². The molecular weight excluding hydrogens is 346 g/mol. The van der Waals surface area contributed by atoms with E-state index in [-0.39, 0.29) is 11.9 Å². The number of nitrogens with one attached hydrogen (secondary N) is 1. The Labute approximate surface area is 154 Å². The lowest BCUT2D eigenvalue weighted by atomic mass is 10.1. The Kier molecular flexibility index (Phi) is 4.66. The molecule has 5 nitrogen and oxygen atoms in total. The second-order valence-corrected chi connectivity index (χ2v) is 6.85. The third kappa shape index (κ3) is 3.60. The molecule has 6 heteroatoms. The van der Waals surface area contributed by atoms with Crippen LogP contribution in [0, 0.1) is 0 Å². The van der Waals surface area contributed by atoms with Crippen molar-refractivity contribution in [3.63, 3.8) is 0 Å². The number of aromatic nitrogens is 2. The summed E-state index contributed by atoms with van der Waals surface area (Å²) < 4.78 is 7.20. The van der Waals surface area contributed by atoms with Gasteiger partial charge in [-0.25, -0.2) is 0 Å². The van der Waals surface area contributed by atoms with Gasteiger partial charge in [0.05, 0.1) is 18.7 Å². The van der Waals surface area contributed by atoms with Crippen molar-refractivity contribution in [2.45, 2.75) is 12.5 Å². The Hall–Kier alpha value is -3.12. The second-order valence-electron chi connectivity index (χ2n) is 5.87. The van der Waals surface area contributed by atoms with E-state index in [1.165, 1.54) is 0 Å². The Morgan fingerprint density at radius 1 is 1.12 bits per heavy atom. The monoisotopic (exact) mass is 363 g/mol. The fraction of sp³-hybridized carbons (Fsp3) is 0.100. The standard InChI is InChI=1S/C20H17N3O2S/c24-20(14-17(19-4-3-13-26-19)23-11-1-2-12-23)22-16-7-5-15(6-8-16)18-9-10-21-25-18/h1-13,17H,14H2,(H,22,24). The molecule has 1 atom stereocenters. The van der Waals surface area contributed by atoms with Crippen LogP contribution in [0.4, 0.5) is 5.69 Å². The zero-order chi connectivity index (χ0) is 17.8. The first-order valence-corrected chi connectivity index (χ1v) is 9.14. The molecule has 0 aliphatic heterocycles. The van der Waals surface area contributed by atoms with Crippen molar-refractivity contribution in [3.8, 4) is 11.3 Å². The average Bonchev–Trinajstić information content (AvgIpc) is 3.44. The highest BCUT2D eigenvalue weighted by molar-refractivity contribution is 7.10. The fourth-order valence-corrected chi connectivity index (χ4v) is 3.69. The molecule has 1 N–H and O–H groups in total. The van der Waals surface area contributed by atoms with Crippen LogP contribution in [0.2, 0.25) is 0 Å². The van der Waals surface area contributed by atoms with Crippen LogP contribution in [-0.4, -0.2) is 15.6 Å². The highest BCUT2D eigenvalue weighted by Crippen LogP contribution is 2.27. The van der Waals surface area contributed by atoms with Crippen LogP contribution in [0.25, 0.3) is 11.3 Å². The number of carbonyl (C=O) groups excluding carboxylic acids is 1. The van der Waals surface area contributed by atoms with E-state index in [1.807, 2.05) is 60.2 Å². The number of rotatable bonds is 6. The molecule has 3 aromatic heterocycles. The van der Waals surface area contributed by atoms with Crippen LogP contribution in [0.3, 0.4) is 0 Å². The Bertz CT molecular complexity index is 909. The maximum absolute atomic E-state index is 12.6. The summed E-state index contributed by atoms with van der Waals surface area (Å²) in [6, 6.07) is 17.4. The van der Waals surface area contributed by atoms with Gasteiger partial charge in [0.15, 0.2) is 5.76 Å². The molecule has 4 aromatic rings. The molecule has 0 bridgehead atoms. The first-order valence-electron chi connectivity index (χ1n) is 8.26. The van der Waals surface area contributed by atoms with Crippen molar-refractivity contribution >= 4 is 22.9 Å². The molecule has 1 aromatic carbocycles. The largest absolute Gasteiger partial charge is 0.356 e. The van der Waals surface area contributed by atoms with E-state index in [2.05, 4.69) is 21.1 Å². The van der Waals surface area contributed by atoms with Crippen molar-refractivity contribution in [2.75, 3.05) is 5.32 Å². The molecule has 4 rings (SSSR count). The summed E-state index contributed by atoms with van der Waals surface area (Å²) in [4.78, 5) is 13.7. The Morgan fingerprint density at radius 2 is 1.92 bits per heavy atom. The van der Waals surface area contributed by atoms with Crippen LogP contribution >= 0.6 is 11.3 Å². The van der Waals surface area contributed by atoms with Crippen molar-refractivity contribution in [2.24, 2.45) is 0 Å². The molecule has 1 unspecified atom stereocenters. The van der Waals surface area contributed by atoms with Gasteiger partial charge in [0.1, 0.15) is 0 Å². The number of amides is 1. The van der Waals surface area contributed by atoms with Gasteiger partial charge in [-0.2, -0.15) is 0 Å². The smallest absolute Gasteiger partial charge is 0.226 e. The van der Waals surface area contributed by atoms with Gasteiger partial charge in [0, 0.05) is 34.6 Å². The molecule has 0 aliphatic carbocycles. The maximum Gasteiger partial charge on any atom is 0.226 e. The first-order chi connectivity index (χ1) is 12.8. The summed E-state index contributed by atoms with van der Waals surface area (Å²) in [5.41, 5.74) is 1.68. The number of nitrogens with zero attached hydrogens (tertiary/aromatic N) is 2. The minimum Gasteiger partial charge on any atom is -0.356 e. The summed E-state index contributed by atoms with van der Waals surface area (Å²) >= 11 is 1.66. The van der Waals surface area contributed by atoms with Crippen LogP contribution in [0.5, 0.6) is 0 Å². The summed E-state index contributed by atoms with van der Waals surface area (Å²) in [6.45, 7) is 0. The van der Waals surface area contributed by atoms with Crippen molar-refractivity contribution < 1.29 is 9.32 Å². The van der Waals surface area contributed by atoms with Gasteiger partial charge in [0.2, 0.25) is 5.91 Å². The van der Waals surface area contributed by atoms with Gasteiger partial charge in [-0.3, -0.25) is 4.79 Å². The summed E-state index contributed by atoms with van der Waals surface area (Å²) in [7, 11) is 0. The first kappa shape index (κ1) is 16.4. The predicted octanol–water partition coefficient (Wildman–Crippen LogP) is 4.82. The van der Waals surface area contributed by atoms with E-state index in [9.17, 15) is 4.79 Å². The summed E-state index contributed by atoms with van der Waals surface area (Å²) in [5.74, 6) is 0.678. The average molecular weight is 363 g/mol. The SMILES string of the molecule is O=C(CC(c1cccs1)n1cccc1)Nc1ccc(-c2ccno2)cc1. The van der Waals surface area contributed by atoms with E-state index in [0.29, 0.717) is 12.2 Å². The van der Waals surface area contributed by atoms with E-state index >= 15 is 0 Å². The number of hydrogen-bond acceptors (Lipinski definition) is 4. The third-order valence-corrected chi connectivity index (χ3v) is 5.10. The number of anilines is 1. The van der Waals surface area contributed by atoms with Gasteiger partial charge >= 0.3 is 0 Å². The fourth-order valence-electron chi connectivity index (χ4n) is 2.86. The predicted molar refractivity (Wildman–Crippen MR) is 102 cm³/mol. The highest BCUT2D eigenvalue weighted by atomic mass is 32.1. The Balaban J connectivity index is 1.45. The lowest BCUT2D eigenvalue weighted by molar-refractivity contribution is -0.116. The molecule has 0 saturated carbocycles. The molecule has 0 aliphatic rings. The highest BCUT2D eigenvalue weighted by Gasteiger charge is 2.18. The molecule has 130 valence electrons. The quantitative estimate of drug-likeness (QED) is 0.534. The van der Waals surface area contributed by atoms with Gasteiger partial charge in [-0.1, -0.05) is 11.2 Å². The van der Waals surface area contributed by atoms with E-state index in [4.69, 9.17) is 4.52 Å². The topological polar surface area (TPSA) is 60.1 Å². The molecule has 0 saturated heterocycles. The lowest BCUT2D eigenvalue weighted by Gasteiger charge is -2.17. The van der Waals surface area contributed by atoms with Crippen LogP contribution in [0.1, 0.15) is 17.3 Å². The minimum absolute atomic E-state index is 0.00142. The van der Waals surface area contributed by atoms with Crippen LogP contribution < -0.4 is 5.32 Å². The number of hydrogen-bond donors (Lipinski definition) is 1. The van der Waals surface area contributed by atoms with Gasteiger partial charge in [-0.15, -0.1) is 11.3 Å².